The summed E-state index contributed by atoms with van der Waals surface area (Å²) in [5.74, 6) is -0.0334. The van der Waals surface area contributed by atoms with Gasteiger partial charge in [0.1, 0.15) is 5.82 Å². The third-order valence-electron chi connectivity index (χ3n) is 4.18. The van der Waals surface area contributed by atoms with Gasteiger partial charge in [0.15, 0.2) is 5.78 Å². The standard InChI is InChI=1S/C16H21FN2O/c17-14-3-1-13(2-4-14)11-16(20)12-18-7-9-19(10-8-18)15-5-6-15/h1-4,15H,5-12H2. The minimum absolute atomic E-state index is 0.219. The van der Waals surface area contributed by atoms with Gasteiger partial charge in [0.05, 0.1) is 6.54 Å². The molecule has 1 saturated carbocycles. The molecule has 20 heavy (non-hydrogen) atoms. The van der Waals surface area contributed by atoms with Gasteiger partial charge in [-0.1, -0.05) is 12.1 Å². The maximum absolute atomic E-state index is 12.8. The first-order valence-electron chi connectivity index (χ1n) is 7.43. The number of hydrogen-bond donors (Lipinski definition) is 0. The lowest BCUT2D eigenvalue weighted by molar-refractivity contribution is -0.120. The number of nitrogens with zero attached hydrogens (tertiary/aromatic N) is 2. The van der Waals surface area contributed by atoms with Crippen LogP contribution in [0.15, 0.2) is 24.3 Å². The second-order valence-corrected chi connectivity index (χ2v) is 5.89. The zero-order chi connectivity index (χ0) is 13.9. The normalized spacial score (nSPS) is 21.1. The molecule has 0 N–H and O–H groups in total. The molecule has 2 fully saturated rings. The van der Waals surface area contributed by atoms with Crippen LogP contribution >= 0.6 is 0 Å². The Morgan fingerprint density at radius 3 is 2.35 bits per heavy atom. The molecular formula is C16H21FN2O. The van der Waals surface area contributed by atoms with Crippen LogP contribution in [0, 0.1) is 5.82 Å². The highest BCUT2D eigenvalue weighted by molar-refractivity contribution is 5.82. The predicted molar refractivity (Wildman–Crippen MR) is 76.1 cm³/mol. The average molecular weight is 276 g/mol. The van der Waals surface area contributed by atoms with Crippen LogP contribution in [0.1, 0.15) is 18.4 Å². The average Bonchev–Trinajstić information content (AvgIpc) is 3.27. The fraction of sp³-hybridized carbons (Fsp3) is 0.562. The minimum Gasteiger partial charge on any atom is -0.298 e. The van der Waals surface area contributed by atoms with Crippen LogP contribution < -0.4 is 0 Å². The van der Waals surface area contributed by atoms with Crippen molar-refractivity contribution in [1.29, 1.82) is 0 Å². The third kappa shape index (κ3) is 3.64. The molecule has 0 spiro atoms. The number of carbonyl (C=O) groups excluding carboxylic acids is 1. The van der Waals surface area contributed by atoms with E-state index in [1.807, 2.05) is 0 Å². The van der Waals surface area contributed by atoms with E-state index in [1.54, 1.807) is 12.1 Å². The number of rotatable bonds is 5. The first kappa shape index (κ1) is 13.7. The van der Waals surface area contributed by atoms with Crippen molar-refractivity contribution in [3.8, 4) is 0 Å². The van der Waals surface area contributed by atoms with Gasteiger partial charge in [0.2, 0.25) is 0 Å². The number of ketones is 1. The second-order valence-electron chi connectivity index (χ2n) is 5.89. The first-order valence-corrected chi connectivity index (χ1v) is 7.43. The van der Waals surface area contributed by atoms with E-state index >= 15 is 0 Å². The van der Waals surface area contributed by atoms with E-state index in [-0.39, 0.29) is 11.6 Å². The summed E-state index contributed by atoms with van der Waals surface area (Å²) in [4.78, 5) is 16.8. The highest BCUT2D eigenvalue weighted by atomic mass is 19.1. The molecule has 1 aromatic rings. The zero-order valence-corrected chi connectivity index (χ0v) is 11.7. The van der Waals surface area contributed by atoms with Crippen molar-refractivity contribution in [3.63, 3.8) is 0 Å². The summed E-state index contributed by atoms with van der Waals surface area (Å²) >= 11 is 0. The van der Waals surface area contributed by atoms with Crippen molar-refractivity contribution in [3.05, 3.63) is 35.6 Å². The van der Waals surface area contributed by atoms with Crippen LogP contribution in [0.4, 0.5) is 4.39 Å². The number of piperazine rings is 1. The van der Waals surface area contributed by atoms with Crippen LogP contribution in [0.5, 0.6) is 0 Å². The van der Waals surface area contributed by atoms with Crippen molar-refractivity contribution in [2.45, 2.75) is 25.3 Å². The van der Waals surface area contributed by atoms with E-state index in [1.165, 1.54) is 25.0 Å². The van der Waals surface area contributed by atoms with E-state index in [0.717, 1.165) is 37.8 Å². The molecular weight excluding hydrogens is 255 g/mol. The van der Waals surface area contributed by atoms with Crippen molar-refractivity contribution in [1.82, 2.24) is 9.80 Å². The molecule has 0 unspecified atom stereocenters. The Labute approximate surface area is 119 Å². The molecule has 1 aliphatic heterocycles. The lowest BCUT2D eigenvalue weighted by Gasteiger charge is -2.34. The summed E-state index contributed by atoms with van der Waals surface area (Å²) in [6, 6.07) is 7.04. The molecule has 2 aliphatic rings. The predicted octanol–water partition coefficient (Wildman–Crippen LogP) is 1.72. The van der Waals surface area contributed by atoms with Gasteiger partial charge >= 0.3 is 0 Å². The maximum Gasteiger partial charge on any atom is 0.151 e. The van der Waals surface area contributed by atoms with Gasteiger partial charge in [-0.3, -0.25) is 14.6 Å². The molecule has 1 heterocycles. The van der Waals surface area contributed by atoms with Gasteiger partial charge in [-0.2, -0.15) is 0 Å². The Bertz CT molecular complexity index is 462. The summed E-state index contributed by atoms with van der Waals surface area (Å²) < 4.78 is 12.8. The summed E-state index contributed by atoms with van der Waals surface area (Å²) in [6.45, 7) is 4.69. The van der Waals surface area contributed by atoms with Crippen molar-refractivity contribution in [2.75, 3.05) is 32.7 Å². The van der Waals surface area contributed by atoms with Crippen molar-refractivity contribution in [2.24, 2.45) is 0 Å². The summed E-state index contributed by atoms with van der Waals surface area (Å²) in [6.07, 6.45) is 3.11. The second kappa shape index (κ2) is 6.02. The largest absolute Gasteiger partial charge is 0.298 e. The molecule has 1 saturated heterocycles. The van der Waals surface area contributed by atoms with Gasteiger partial charge in [-0.05, 0) is 30.5 Å². The molecule has 4 heteroatoms. The fourth-order valence-corrected chi connectivity index (χ4v) is 2.86. The van der Waals surface area contributed by atoms with Crippen molar-refractivity contribution < 1.29 is 9.18 Å². The number of Topliss-reactive ketones (excluding diaryl/α,β-unsaturated/α-hetero) is 1. The van der Waals surface area contributed by atoms with Gasteiger partial charge in [-0.15, -0.1) is 0 Å². The van der Waals surface area contributed by atoms with E-state index in [2.05, 4.69) is 9.80 Å². The molecule has 3 nitrogen and oxygen atoms in total. The Balaban J connectivity index is 1.43. The Kier molecular flexibility index (Phi) is 4.13. The van der Waals surface area contributed by atoms with Gasteiger partial charge in [0, 0.05) is 38.6 Å². The monoisotopic (exact) mass is 276 g/mol. The molecule has 0 radical (unpaired) electrons. The Morgan fingerprint density at radius 1 is 1.10 bits per heavy atom. The van der Waals surface area contributed by atoms with Crippen LogP contribution in [0.3, 0.4) is 0 Å². The Hall–Kier alpha value is -1.26. The quantitative estimate of drug-likeness (QED) is 0.818. The van der Waals surface area contributed by atoms with Crippen LogP contribution in [-0.2, 0) is 11.2 Å². The minimum atomic E-state index is -0.252. The fourth-order valence-electron chi connectivity index (χ4n) is 2.86. The van der Waals surface area contributed by atoms with E-state index in [9.17, 15) is 9.18 Å². The molecule has 1 aliphatic carbocycles. The molecule has 1 aromatic carbocycles. The Morgan fingerprint density at radius 2 is 1.75 bits per heavy atom. The van der Waals surface area contributed by atoms with E-state index < -0.39 is 0 Å². The molecule has 108 valence electrons. The molecule has 0 amide bonds. The number of hydrogen-bond acceptors (Lipinski definition) is 3. The lowest BCUT2D eigenvalue weighted by Crippen LogP contribution is -2.48. The van der Waals surface area contributed by atoms with Crippen molar-refractivity contribution >= 4 is 5.78 Å². The van der Waals surface area contributed by atoms with E-state index in [4.69, 9.17) is 0 Å². The summed E-state index contributed by atoms with van der Waals surface area (Å²) in [7, 11) is 0. The molecule has 0 aromatic heterocycles. The van der Waals surface area contributed by atoms with Gasteiger partial charge < -0.3 is 0 Å². The summed E-state index contributed by atoms with van der Waals surface area (Å²) in [5.41, 5.74) is 0.896. The maximum atomic E-state index is 12.8. The molecule has 3 rings (SSSR count). The number of carbonyl (C=O) groups is 1. The zero-order valence-electron chi connectivity index (χ0n) is 11.7. The molecule has 0 bridgehead atoms. The van der Waals surface area contributed by atoms with Crippen LogP contribution in [0.25, 0.3) is 0 Å². The number of halogens is 1. The van der Waals surface area contributed by atoms with Crippen LogP contribution in [0.2, 0.25) is 0 Å². The van der Waals surface area contributed by atoms with Gasteiger partial charge in [0.25, 0.3) is 0 Å². The lowest BCUT2D eigenvalue weighted by atomic mass is 10.1. The van der Waals surface area contributed by atoms with Gasteiger partial charge in [-0.25, -0.2) is 4.39 Å². The number of benzene rings is 1. The highest BCUT2D eigenvalue weighted by Crippen LogP contribution is 2.27. The third-order valence-corrected chi connectivity index (χ3v) is 4.18. The van der Waals surface area contributed by atoms with Crippen LogP contribution in [-0.4, -0.2) is 54.3 Å². The topological polar surface area (TPSA) is 23.6 Å². The highest BCUT2D eigenvalue weighted by Gasteiger charge is 2.31. The smallest absolute Gasteiger partial charge is 0.151 e. The van der Waals surface area contributed by atoms with E-state index in [0.29, 0.717) is 13.0 Å². The SMILES string of the molecule is O=C(Cc1ccc(F)cc1)CN1CCN(C2CC2)CC1. The molecule has 0 atom stereocenters. The first-order chi connectivity index (χ1) is 9.70. The summed E-state index contributed by atoms with van der Waals surface area (Å²) in [5, 5.41) is 0.